The monoisotopic (exact) mass is 1520 g/mol. The van der Waals surface area contributed by atoms with E-state index in [2.05, 4.69) is 235 Å². The Kier molecular flexibility index (Phi) is 44.3. The van der Waals surface area contributed by atoms with Gasteiger partial charge in [0.15, 0.2) is 11.5 Å². The van der Waals surface area contributed by atoms with Crippen molar-refractivity contribution in [3.63, 3.8) is 0 Å². The molecule has 614 valence electrons. The van der Waals surface area contributed by atoms with Crippen LogP contribution in [0.4, 0.5) is 4.79 Å². The zero-order valence-corrected chi connectivity index (χ0v) is 69.1. The average molecular weight is 1520 g/mol. The van der Waals surface area contributed by atoms with Crippen molar-refractivity contribution in [2.75, 3.05) is 122 Å². The van der Waals surface area contributed by atoms with E-state index < -0.39 is 0 Å². The van der Waals surface area contributed by atoms with E-state index in [-0.39, 0.29) is 50.6 Å². The van der Waals surface area contributed by atoms with Crippen LogP contribution in [-0.2, 0) is 38.8 Å². The fourth-order valence-electron chi connectivity index (χ4n) is 18.8. The van der Waals surface area contributed by atoms with E-state index in [0.717, 1.165) is 116 Å². The molecule has 10 fully saturated rings. The van der Waals surface area contributed by atoms with Gasteiger partial charge >= 0.3 is 6.03 Å². The highest BCUT2D eigenvalue weighted by Crippen LogP contribution is 2.51. The number of ether oxygens (including phenoxy) is 2. The summed E-state index contributed by atoms with van der Waals surface area (Å²) >= 11 is 4.36. The van der Waals surface area contributed by atoms with Crippen molar-refractivity contribution in [1.29, 1.82) is 0 Å². The smallest absolute Gasteiger partial charge is 0.319 e. The Morgan fingerprint density at radius 1 is 0.453 bits per heavy atom. The van der Waals surface area contributed by atoms with Crippen molar-refractivity contribution in [3.8, 4) is 11.5 Å². The Morgan fingerprint density at radius 3 is 1.22 bits per heavy atom. The van der Waals surface area contributed by atoms with Crippen molar-refractivity contribution in [2.45, 2.75) is 331 Å². The van der Waals surface area contributed by atoms with Gasteiger partial charge < -0.3 is 48.7 Å². The summed E-state index contributed by atoms with van der Waals surface area (Å²) in [6.45, 7) is 27.2. The zero-order chi connectivity index (χ0) is 72.5. The lowest BCUT2D eigenvalue weighted by atomic mass is 9.85. The zero-order valence-electron chi connectivity index (χ0n) is 67.5. The van der Waals surface area contributed by atoms with Crippen LogP contribution in [-0.4, -0.2) is 254 Å². The standard InChI is InChI=1S/C13H19NO2.C12H17N.C11H15N.2C10H19N.C9H17N.C8H15NS2.C6H12N2O.C6H13N.6CH4/c1-9-5-10-6-12(15-3)13(16-4)7-11(10)8-14(9)2;1-3-13(2)12-8-10-6-4-5-7-11(10)9-12;1-9-7-10-5-3-4-6-11(10)8-12(9)2;2*1-8-7-9-5-3-4-6-10(9)11(8)2;1-7-6-8-4-3-5-9(8)10(7)2;1-7-5-8(6-9(7)2)10-3-4-11-8;1-5-4-7(2)6(9)8(5)3;1-6-4-3-5-7(6)2;;;;;;/h6-7,9H,5,8H2,1-4H3;4-7,12H,3,8-9H2,1-2H3;3-6,9H,7-8H2,1-2H3;2*8-10H,3-7H2,1-2H3;7-9H,3-6H2,1-2H3;7H,3-6H2,1-2H3;5H,4H2,1-3H3;6H,3-5H2,1-2H3;6*1H4/t9-;;9-;2*8-,9+,10+;7-,8+,9+;7-;5-;6-;;;;;;/m1.1111111....../s1. The first-order chi connectivity index (χ1) is 47.7. The van der Waals surface area contributed by atoms with Crippen molar-refractivity contribution in [3.05, 3.63) is 94.0 Å². The van der Waals surface area contributed by atoms with Gasteiger partial charge in [-0.3, -0.25) is 9.80 Å². The van der Waals surface area contributed by atoms with Gasteiger partial charge in [0.2, 0.25) is 0 Å². The molecule has 1 spiro atoms. The predicted octanol–water partition coefficient (Wildman–Crippen LogP) is 19.8. The summed E-state index contributed by atoms with van der Waals surface area (Å²) in [5.74, 6) is 7.53. The third-order valence-electron chi connectivity index (χ3n) is 26.7. The molecule has 14 atom stereocenters. The predicted molar refractivity (Wildman–Crippen MR) is 471 cm³/mol. The molecule has 3 aromatic rings. The number of urea groups is 1. The van der Waals surface area contributed by atoms with Gasteiger partial charge in [0.05, 0.1) is 18.3 Å². The average Bonchev–Trinajstić information content (AvgIpc) is 1.76. The lowest BCUT2D eigenvalue weighted by Gasteiger charge is -2.32. The second-order valence-corrected chi connectivity index (χ2v) is 36.7. The highest BCUT2D eigenvalue weighted by Gasteiger charge is 2.45. The molecule has 0 unspecified atom stereocenters. The molecule has 3 saturated carbocycles. The Morgan fingerprint density at radius 2 is 0.858 bits per heavy atom. The minimum absolute atomic E-state index is 0. The van der Waals surface area contributed by atoms with Gasteiger partial charge in [0.25, 0.3) is 0 Å². The van der Waals surface area contributed by atoms with Crippen molar-refractivity contribution in [2.24, 2.45) is 17.8 Å². The summed E-state index contributed by atoms with van der Waals surface area (Å²) in [6, 6.07) is 31.3. The molecular weight excluding hydrogens is 1350 g/mol. The highest BCUT2D eigenvalue weighted by molar-refractivity contribution is 8.21. The molecule has 13 nitrogen and oxygen atoms in total. The highest BCUT2D eigenvalue weighted by atomic mass is 32.2. The molecule has 9 aliphatic heterocycles. The number of carbonyl (C=O) groups is 1. The Balaban J connectivity index is 0.000000405. The van der Waals surface area contributed by atoms with Gasteiger partial charge in [0, 0.05) is 124 Å². The summed E-state index contributed by atoms with van der Waals surface area (Å²) in [4.78, 5) is 34.3. The van der Waals surface area contributed by atoms with Gasteiger partial charge in [-0.1, -0.05) is 132 Å². The van der Waals surface area contributed by atoms with Crippen molar-refractivity contribution in [1.82, 2.24) is 49.0 Å². The topological polar surface area (TPSA) is 67.9 Å². The van der Waals surface area contributed by atoms with Crippen molar-refractivity contribution >= 4 is 29.6 Å². The number of carbonyl (C=O) groups excluding carboxylic acids is 1. The minimum Gasteiger partial charge on any atom is -0.493 e. The molecule has 106 heavy (non-hydrogen) atoms. The first kappa shape index (κ1) is 99.0. The number of hydrogen-bond donors (Lipinski definition) is 0. The van der Waals surface area contributed by atoms with E-state index in [1.807, 2.05) is 21.0 Å². The van der Waals surface area contributed by atoms with Gasteiger partial charge in [-0.15, -0.1) is 23.5 Å². The van der Waals surface area contributed by atoms with Crippen LogP contribution in [0.2, 0.25) is 0 Å². The summed E-state index contributed by atoms with van der Waals surface area (Å²) in [5.41, 5.74) is 8.85. The number of fused-ring (bicyclic) bond motifs is 6. The molecule has 0 aromatic heterocycles. The van der Waals surface area contributed by atoms with Crippen LogP contribution in [0.1, 0.15) is 249 Å². The number of amides is 2. The van der Waals surface area contributed by atoms with E-state index in [9.17, 15) is 4.79 Å². The van der Waals surface area contributed by atoms with E-state index in [1.165, 1.54) is 175 Å². The van der Waals surface area contributed by atoms with Gasteiger partial charge in [-0.05, 0) is 291 Å². The SMILES string of the molecule is C.C.C.C.C.C.CCN(C)C1Cc2ccccc2C1.COc1cc2c(cc1OC)CN(C)[C@H](C)C2.C[C@@H]1CC2(CN1C)SCCS2.C[C@@H]1CCCN1C.C[C@@H]1CN(C)C(=O)N1C.C[C@@H]1C[C@@H]2CCCC[C@@H]2N1C.C[C@@H]1C[C@@H]2CCCC[C@@H]2N1C.C[C@@H]1C[C@@H]2CCC[C@@H]2N1C.C[C@@H]1Cc2ccccc2CN1C. The summed E-state index contributed by atoms with van der Waals surface area (Å²) < 4.78 is 11.2. The maximum Gasteiger partial charge on any atom is 0.319 e. The van der Waals surface area contributed by atoms with E-state index >= 15 is 0 Å². The Hall–Kier alpha value is -3.09. The third kappa shape index (κ3) is 26.8. The Labute approximate surface area is 665 Å². The Bertz CT molecular complexity index is 2770. The fraction of sp³-hybridized carbons (Fsp3) is 0.791. The van der Waals surface area contributed by atoms with Crippen LogP contribution in [0.15, 0.2) is 60.7 Å². The van der Waals surface area contributed by atoms with Crippen LogP contribution >= 0.6 is 23.5 Å². The maximum atomic E-state index is 11.0. The molecule has 15 heteroatoms. The second-order valence-electron chi connectivity index (χ2n) is 33.5. The van der Waals surface area contributed by atoms with Crippen molar-refractivity contribution < 1.29 is 14.3 Å². The molecule has 0 radical (unpaired) electrons. The van der Waals surface area contributed by atoms with E-state index in [1.54, 1.807) is 35.1 Å². The van der Waals surface area contributed by atoms with Crippen LogP contribution < -0.4 is 9.47 Å². The number of hydrogen-bond acceptors (Lipinski definition) is 13. The molecule has 16 rings (SSSR count). The molecule has 13 aliphatic rings. The maximum absolute atomic E-state index is 11.0. The van der Waals surface area contributed by atoms with E-state index in [4.69, 9.17) is 9.47 Å². The minimum atomic E-state index is 0. The van der Waals surface area contributed by atoms with Gasteiger partial charge in [-0.2, -0.15) is 0 Å². The summed E-state index contributed by atoms with van der Waals surface area (Å²) in [7, 11) is 24.9. The number of thioether (sulfide) groups is 2. The first-order valence-electron chi connectivity index (χ1n) is 40.1. The molecular formula is C91H170N10O3S2. The molecule has 3 aromatic carbocycles. The second kappa shape index (κ2) is 47.4. The number of likely N-dealkylation sites (N-methyl/N-ethyl adjacent to an activating group) is 5. The lowest BCUT2D eigenvalue weighted by molar-refractivity contribution is 0.192. The van der Waals surface area contributed by atoms with Gasteiger partial charge in [-0.25, -0.2) is 4.79 Å². The van der Waals surface area contributed by atoms with E-state index in [0.29, 0.717) is 22.2 Å². The molecule has 9 heterocycles. The number of likely N-dealkylation sites (tertiary alicyclic amines) is 5. The number of rotatable bonds is 4. The number of benzene rings is 3. The fourth-order valence-corrected chi connectivity index (χ4v) is 22.3. The first-order valence-corrected chi connectivity index (χ1v) is 42.0. The third-order valence-corrected chi connectivity index (χ3v) is 30.1. The lowest BCUT2D eigenvalue weighted by Crippen LogP contribution is -2.35. The largest absolute Gasteiger partial charge is 0.493 e. The molecule has 7 saturated heterocycles. The van der Waals surface area contributed by atoms with Crippen LogP contribution in [0.25, 0.3) is 0 Å². The number of methoxy groups -OCH3 is 2. The van der Waals surface area contributed by atoms with Crippen LogP contribution in [0.3, 0.4) is 0 Å². The normalized spacial score (nSPS) is 30.3. The molecule has 0 bridgehead atoms. The molecule has 0 N–H and O–H groups in total. The molecule has 4 aliphatic carbocycles. The summed E-state index contributed by atoms with van der Waals surface area (Å²) in [5, 5.41) is 0. The van der Waals surface area contributed by atoms with Gasteiger partial charge in [0.1, 0.15) is 0 Å². The molecule has 2 amide bonds. The quantitative estimate of drug-likeness (QED) is 0.249. The number of nitrogens with zero attached hydrogens (tertiary/aromatic N) is 10. The van der Waals surface area contributed by atoms with Crippen LogP contribution in [0.5, 0.6) is 11.5 Å². The summed E-state index contributed by atoms with van der Waals surface area (Å²) in [6.07, 6.45) is 29.6. The van der Waals surface area contributed by atoms with Crippen LogP contribution in [0, 0.1) is 17.8 Å².